The Morgan fingerprint density at radius 1 is 1.50 bits per heavy atom. The lowest BCUT2D eigenvalue weighted by atomic mass is 10.1. The molecule has 6 heteroatoms. The van der Waals surface area contributed by atoms with Crippen LogP contribution in [-0.2, 0) is 11.3 Å². The van der Waals surface area contributed by atoms with Crippen LogP contribution in [0.4, 0.5) is 0 Å². The Morgan fingerprint density at radius 2 is 2.32 bits per heavy atom. The number of carbonyl (C=O) groups is 1. The lowest BCUT2D eigenvalue weighted by Gasteiger charge is -2.36. The van der Waals surface area contributed by atoms with Gasteiger partial charge in [-0.05, 0) is 31.5 Å². The SMILES string of the molecule is Cc1cn(CC(=O)NCCCN2CC(N)C2)c2ccncc12. The van der Waals surface area contributed by atoms with Gasteiger partial charge in [0, 0.05) is 49.7 Å². The van der Waals surface area contributed by atoms with Crippen LogP contribution < -0.4 is 11.1 Å². The largest absolute Gasteiger partial charge is 0.355 e. The van der Waals surface area contributed by atoms with Crippen LogP contribution in [-0.4, -0.2) is 52.6 Å². The Kier molecular flexibility index (Phi) is 4.40. The predicted molar refractivity (Wildman–Crippen MR) is 86.5 cm³/mol. The van der Waals surface area contributed by atoms with Gasteiger partial charge < -0.3 is 20.5 Å². The molecule has 6 nitrogen and oxygen atoms in total. The number of pyridine rings is 1. The number of hydrogen-bond donors (Lipinski definition) is 2. The molecule has 1 aliphatic rings. The molecule has 3 N–H and O–H groups in total. The van der Waals surface area contributed by atoms with E-state index in [4.69, 9.17) is 5.73 Å². The normalized spacial score (nSPS) is 15.9. The quantitative estimate of drug-likeness (QED) is 0.762. The van der Waals surface area contributed by atoms with Crippen molar-refractivity contribution in [1.29, 1.82) is 0 Å². The fourth-order valence-electron chi connectivity index (χ4n) is 2.98. The zero-order chi connectivity index (χ0) is 15.5. The van der Waals surface area contributed by atoms with E-state index in [1.807, 2.05) is 30.0 Å². The van der Waals surface area contributed by atoms with Gasteiger partial charge in [0.25, 0.3) is 0 Å². The smallest absolute Gasteiger partial charge is 0.239 e. The van der Waals surface area contributed by atoms with Crippen LogP contribution >= 0.6 is 0 Å². The topological polar surface area (TPSA) is 76.2 Å². The highest BCUT2D eigenvalue weighted by Crippen LogP contribution is 2.18. The maximum atomic E-state index is 12.1. The van der Waals surface area contributed by atoms with Gasteiger partial charge in [-0.15, -0.1) is 0 Å². The van der Waals surface area contributed by atoms with Crippen molar-refractivity contribution in [3.05, 3.63) is 30.2 Å². The summed E-state index contributed by atoms with van der Waals surface area (Å²) < 4.78 is 1.98. The molecule has 1 amide bonds. The minimum Gasteiger partial charge on any atom is -0.355 e. The molecule has 22 heavy (non-hydrogen) atoms. The van der Waals surface area contributed by atoms with Gasteiger partial charge >= 0.3 is 0 Å². The molecule has 0 unspecified atom stereocenters. The third-order valence-electron chi connectivity index (χ3n) is 4.15. The van der Waals surface area contributed by atoms with E-state index in [-0.39, 0.29) is 5.91 Å². The zero-order valence-electron chi connectivity index (χ0n) is 13.0. The number of amides is 1. The van der Waals surface area contributed by atoms with Crippen molar-refractivity contribution in [2.45, 2.75) is 25.9 Å². The van der Waals surface area contributed by atoms with Gasteiger partial charge in [0.05, 0.1) is 5.52 Å². The maximum Gasteiger partial charge on any atom is 0.239 e. The molecule has 2 aromatic heterocycles. The van der Waals surface area contributed by atoms with Crippen LogP contribution in [0.25, 0.3) is 10.9 Å². The van der Waals surface area contributed by atoms with E-state index in [1.54, 1.807) is 6.20 Å². The van der Waals surface area contributed by atoms with Crippen molar-refractivity contribution in [3.8, 4) is 0 Å². The van der Waals surface area contributed by atoms with Crippen molar-refractivity contribution in [2.24, 2.45) is 5.73 Å². The van der Waals surface area contributed by atoms with Gasteiger partial charge in [-0.1, -0.05) is 0 Å². The average molecular weight is 301 g/mol. The van der Waals surface area contributed by atoms with Crippen molar-refractivity contribution in [3.63, 3.8) is 0 Å². The molecule has 0 aliphatic carbocycles. The molecule has 0 radical (unpaired) electrons. The Morgan fingerprint density at radius 3 is 3.09 bits per heavy atom. The molecule has 1 aliphatic heterocycles. The molecule has 118 valence electrons. The molecular formula is C16H23N5O. The molecule has 0 saturated carbocycles. The molecule has 1 saturated heterocycles. The van der Waals surface area contributed by atoms with E-state index in [1.165, 1.54) is 0 Å². The van der Waals surface area contributed by atoms with Gasteiger partial charge in [0.2, 0.25) is 5.91 Å². The van der Waals surface area contributed by atoms with Crippen LogP contribution in [0.2, 0.25) is 0 Å². The van der Waals surface area contributed by atoms with Crippen LogP contribution in [0.15, 0.2) is 24.7 Å². The number of fused-ring (bicyclic) bond motifs is 1. The van der Waals surface area contributed by atoms with E-state index in [9.17, 15) is 4.79 Å². The summed E-state index contributed by atoms with van der Waals surface area (Å²) in [6.45, 7) is 6.07. The number of nitrogens with two attached hydrogens (primary N) is 1. The fourth-order valence-corrected chi connectivity index (χ4v) is 2.98. The van der Waals surface area contributed by atoms with Crippen LogP contribution in [0.3, 0.4) is 0 Å². The Bertz CT molecular complexity index is 660. The second kappa shape index (κ2) is 6.46. The lowest BCUT2D eigenvalue weighted by molar-refractivity contribution is -0.121. The van der Waals surface area contributed by atoms with Crippen LogP contribution in [0.1, 0.15) is 12.0 Å². The van der Waals surface area contributed by atoms with E-state index in [0.717, 1.165) is 42.5 Å². The summed E-state index contributed by atoms with van der Waals surface area (Å²) in [6, 6.07) is 2.29. The Hall–Kier alpha value is -1.92. The standard InChI is InChI=1S/C16H23N5O/c1-12-8-21(15-3-5-18-7-14(12)15)11-16(22)19-4-2-6-20-9-13(17)10-20/h3,5,7-8,13H,2,4,6,9-11,17H2,1H3,(H,19,22). The number of carbonyl (C=O) groups excluding carboxylic acids is 1. The molecule has 3 heterocycles. The molecule has 0 aromatic carbocycles. The fraction of sp³-hybridized carbons (Fsp3) is 0.500. The van der Waals surface area contributed by atoms with E-state index in [2.05, 4.69) is 15.2 Å². The first-order chi connectivity index (χ1) is 10.6. The van der Waals surface area contributed by atoms with Crippen molar-refractivity contribution < 1.29 is 4.79 Å². The monoisotopic (exact) mass is 301 g/mol. The number of hydrogen-bond acceptors (Lipinski definition) is 4. The minimum absolute atomic E-state index is 0.0500. The molecule has 1 fully saturated rings. The predicted octanol–water partition coefficient (Wildman–Crippen LogP) is 0.494. The van der Waals surface area contributed by atoms with Gasteiger partial charge in [-0.25, -0.2) is 0 Å². The second-order valence-corrected chi connectivity index (χ2v) is 6.06. The van der Waals surface area contributed by atoms with Crippen molar-refractivity contribution in [1.82, 2.24) is 19.8 Å². The average Bonchev–Trinajstić information content (AvgIpc) is 2.78. The molecular weight excluding hydrogens is 278 g/mol. The van der Waals surface area contributed by atoms with Crippen LogP contribution in [0, 0.1) is 6.92 Å². The van der Waals surface area contributed by atoms with Gasteiger partial charge in [-0.2, -0.15) is 0 Å². The molecule has 0 spiro atoms. The summed E-state index contributed by atoms with van der Waals surface area (Å²) in [7, 11) is 0. The Labute approximate surface area is 130 Å². The van der Waals surface area contributed by atoms with E-state index in [0.29, 0.717) is 19.1 Å². The zero-order valence-corrected chi connectivity index (χ0v) is 13.0. The molecule has 0 bridgehead atoms. The third kappa shape index (κ3) is 3.28. The van der Waals surface area contributed by atoms with Gasteiger partial charge in [0.15, 0.2) is 0 Å². The summed E-state index contributed by atoms with van der Waals surface area (Å²) in [5.41, 5.74) is 7.93. The molecule has 0 atom stereocenters. The number of nitrogens with zero attached hydrogens (tertiary/aromatic N) is 3. The first-order valence-corrected chi connectivity index (χ1v) is 7.77. The van der Waals surface area contributed by atoms with Gasteiger partial charge in [-0.3, -0.25) is 9.78 Å². The van der Waals surface area contributed by atoms with Crippen molar-refractivity contribution in [2.75, 3.05) is 26.2 Å². The van der Waals surface area contributed by atoms with Crippen molar-refractivity contribution >= 4 is 16.8 Å². The maximum absolute atomic E-state index is 12.1. The number of likely N-dealkylation sites (tertiary alicyclic amines) is 1. The summed E-state index contributed by atoms with van der Waals surface area (Å²) in [5.74, 6) is 0.0500. The summed E-state index contributed by atoms with van der Waals surface area (Å²) in [6.07, 6.45) is 6.58. The Balaban J connectivity index is 1.46. The molecule has 2 aromatic rings. The van der Waals surface area contributed by atoms with Gasteiger partial charge in [0.1, 0.15) is 6.54 Å². The highest BCUT2D eigenvalue weighted by Gasteiger charge is 2.21. The second-order valence-electron chi connectivity index (χ2n) is 6.06. The van der Waals surface area contributed by atoms with Crippen LogP contribution in [0.5, 0.6) is 0 Å². The highest BCUT2D eigenvalue weighted by molar-refractivity contribution is 5.85. The first kappa shape index (κ1) is 15.0. The van der Waals surface area contributed by atoms with E-state index < -0.39 is 0 Å². The number of aryl methyl sites for hydroxylation is 1. The number of aromatic nitrogens is 2. The summed E-state index contributed by atoms with van der Waals surface area (Å²) in [4.78, 5) is 18.5. The molecule has 3 rings (SSSR count). The third-order valence-corrected chi connectivity index (χ3v) is 4.15. The highest BCUT2D eigenvalue weighted by atomic mass is 16.1. The minimum atomic E-state index is 0.0500. The summed E-state index contributed by atoms with van der Waals surface area (Å²) in [5, 5.41) is 4.09. The van der Waals surface area contributed by atoms with E-state index >= 15 is 0 Å². The number of nitrogens with one attached hydrogen (secondary N) is 1. The summed E-state index contributed by atoms with van der Waals surface area (Å²) >= 11 is 0. The number of rotatable bonds is 6. The first-order valence-electron chi connectivity index (χ1n) is 7.77. The lowest BCUT2D eigenvalue weighted by Crippen LogP contribution is -2.55.